The van der Waals surface area contributed by atoms with Crippen LogP contribution in [-0.2, 0) is 19.6 Å². The van der Waals surface area contributed by atoms with Crippen LogP contribution in [0.5, 0.6) is 0 Å². The monoisotopic (exact) mass is 482 g/mol. The first kappa shape index (κ1) is 25.0. The first-order valence-corrected chi connectivity index (χ1v) is 10.9. The molecule has 0 saturated heterocycles. The first-order valence-electron chi connectivity index (χ1n) is 9.06. The Kier molecular flexibility index (Phi) is 7.76. The zero-order chi connectivity index (χ0) is 24.2. The predicted octanol–water partition coefficient (Wildman–Crippen LogP) is 3.90. The lowest BCUT2D eigenvalue weighted by Crippen LogP contribution is -2.26. The molecule has 32 heavy (non-hydrogen) atoms. The molecule has 2 N–H and O–H groups in total. The van der Waals surface area contributed by atoms with Crippen LogP contribution in [0, 0.1) is 11.2 Å². The Morgan fingerprint density at radius 2 is 1.75 bits per heavy atom. The van der Waals surface area contributed by atoms with Crippen molar-refractivity contribution in [2.45, 2.75) is 18.7 Å². The fourth-order valence-electron chi connectivity index (χ4n) is 2.74. The van der Waals surface area contributed by atoms with Gasteiger partial charge in [0.25, 0.3) is 10.0 Å². The van der Waals surface area contributed by atoms with E-state index in [9.17, 15) is 27.5 Å². The number of nitrogens with zero attached hydrogens (tertiary/aromatic N) is 1. The summed E-state index contributed by atoms with van der Waals surface area (Å²) in [4.78, 5) is 23.7. The molecule has 0 saturated carbocycles. The Morgan fingerprint density at radius 1 is 1.16 bits per heavy atom. The summed E-state index contributed by atoms with van der Waals surface area (Å²) >= 11 is 6.02. The summed E-state index contributed by atoms with van der Waals surface area (Å²) in [5.41, 5.74) is -0.592. The third-order valence-corrected chi connectivity index (χ3v) is 6.47. The number of benzene rings is 2. The molecule has 0 aromatic heterocycles. The van der Waals surface area contributed by atoms with Crippen molar-refractivity contribution < 1.29 is 32.2 Å². The number of sulfonamides is 1. The number of aliphatic hydroxyl groups is 1. The van der Waals surface area contributed by atoms with Crippen LogP contribution in [0.25, 0.3) is 0 Å². The molecule has 0 amide bonds. The number of rotatable bonds is 8. The van der Waals surface area contributed by atoms with Gasteiger partial charge in [-0.25, -0.2) is 17.6 Å². The van der Waals surface area contributed by atoms with Crippen LogP contribution < -0.4 is 4.31 Å². The zero-order valence-electron chi connectivity index (χ0n) is 17.3. The van der Waals surface area contributed by atoms with Crippen molar-refractivity contribution in [2.75, 3.05) is 18.0 Å². The molecule has 0 aliphatic rings. The number of Topliss-reactive ketones (excluding diaryl/α,β-unsaturated/α-hetero) is 1. The molecular formula is C21H20ClFN2O6S. The molecule has 0 heterocycles. The summed E-state index contributed by atoms with van der Waals surface area (Å²) in [7, 11) is -2.87. The lowest BCUT2D eigenvalue weighted by Gasteiger charge is -2.20. The van der Waals surface area contributed by atoms with Gasteiger partial charge in [0.15, 0.2) is 5.78 Å². The van der Waals surface area contributed by atoms with Crippen molar-refractivity contribution in [2.24, 2.45) is 0 Å². The van der Waals surface area contributed by atoms with Crippen molar-refractivity contribution in [3.63, 3.8) is 0 Å². The van der Waals surface area contributed by atoms with Gasteiger partial charge in [-0.2, -0.15) is 0 Å². The molecule has 0 radical (unpaired) electrons. The SMILES string of the molecule is CC(=N)/C(C(C)=O)=C(/O)COC(=O)c1cc(S(=O)(=O)N(C)c2ccc(F)cc2)ccc1Cl. The van der Waals surface area contributed by atoms with E-state index in [-0.39, 0.29) is 32.5 Å². The predicted molar refractivity (Wildman–Crippen MR) is 117 cm³/mol. The average Bonchev–Trinajstić information content (AvgIpc) is 2.71. The number of halogens is 2. The van der Waals surface area contributed by atoms with E-state index in [1.54, 1.807) is 0 Å². The standard InChI is InChI=1S/C21H20ClFN2O6S/c1-12(24)20(13(2)26)19(27)11-31-21(28)17-10-16(8-9-18(17)22)32(29,30)25(3)15-6-4-14(23)5-7-15/h4-10,24,27H,11H2,1-3H3/b20-19-,24-12?. The largest absolute Gasteiger partial charge is 0.508 e. The molecule has 11 heteroatoms. The fourth-order valence-corrected chi connectivity index (χ4v) is 4.15. The van der Waals surface area contributed by atoms with Gasteiger partial charge in [-0.15, -0.1) is 0 Å². The van der Waals surface area contributed by atoms with E-state index in [2.05, 4.69) is 0 Å². The van der Waals surface area contributed by atoms with E-state index >= 15 is 0 Å². The van der Waals surface area contributed by atoms with Crippen LogP contribution >= 0.6 is 11.6 Å². The average molecular weight is 483 g/mol. The summed E-state index contributed by atoms with van der Waals surface area (Å²) in [6.07, 6.45) is 0. The quantitative estimate of drug-likeness (QED) is 0.254. The molecule has 8 nitrogen and oxygen atoms in total. The van der Waals surface area contributed by atoms with Crippen molar-refractivity contribution in [1.82, 2.24) is 0 Å². The molecule has 170 valence electrons. The molecule has 0 aliphatic heterocycles. The molecule has 2 rings (SSSR count). The number of ether oxygens (including phenoxy) is 1. The highest BCUT2D eigenvalue weighted by Crippen LogP contribution is 2.26. The van der Waals surface area contributed by atoms with Crippen molar-refractivity contribution in [3.05, 3.63) is 70.2 Å². The molecule has 0 atom stereocenters. The number of anilines is 1. The van der Waals surface area contributed by atoms with Crippen LogP contribution in [0.4, 0.5) is 10.1 Å². The van der Waals surface area contributed by atoms with Gasteiger partial charge in [0.1, 0.15) is 18.2 Å². The second-order valence-electron chi connectivity index (χ2n) is 6.67. The maximum atomic E-state index is 13.1. The van der Waals surface area contributed by atoms with Crippen LogP contribution in [0.1, 0.15) is 24.2 Å². The number of allylic oxidation sites excluding steroid dienone is 1. The van der Waals surface area contributed by atoms with Gasteiger partial charge >= 0.3 is 5.97 Å². The van der Waals surface area contributed by atoms with Crippen molar-refractivity contribution >= 4 is 44.8 Å². The lowest BCUT2D eigenvalue weighted by atomic mass is 10.1. The minimum atomic E-state index is -4.13. The summed E-state index contributed by atoms with van der Waals surface area (Å²) in [5.74, 6) is -2.77. The number of hydrogen-bond donors (Lipinski definition) is 2. The van der Waals surface area contributed by atoms with E-state index in [4.69, 9.17) is 21.7 Å². The second-order valence-corrected chi connectivity index (χ2v) is 9.05. The van der Waals surface area contributed by atoms with Crippen molar-refractivity contribution in [1.29, 1.82) is 5.41 Å². The minimum absolute atomic E-state index is 0.100. The highest BCUT2D eigenvalue weighted by molar-refractivity contribution is 7.92. The minimum Gasteiger partial charge on any atom is -0.508 e. The topological polar surface area (TPSA) is 125 Å². The highest BCUT2D eigenvalue weighted by atomic mass is 35.5. The van der Waals surface area contributed by atoms with E-state index in [0.29, 0.717) is 0 Å². The Balaban J connectivity index is 2.33. The normalized spacial score (nSPS) is 12.0. The zero-order valence-corrected chi connectivity index (χ0v) is 18.9. The van der Waals surface area contributed by atoms with Gasteiger partial charge in [0.2, 0.25) is 0 Å². The molecule has 2 aromatic carbocycles. The maximum Gasteiger partial charge on any atom is 0.340 e. The molecule has 2 aromatic rings. The van der Waals surface area contributed by atoms with Gasteiger partial charge in [-0.05, 0) is 56.3 Å². The fraction of sp³-hybridized carbons (Fsp3) is 0.190. The number of aliphatic hydroxyl groups excluding tert-OH is 1. The number of ketones is 1. The number of hydrogen-bond acceptors (Lipinski definition) is 7. The van der Waals surface area contributed by atoms with Crippen LogP contribution in [0.15, 0.2) is 58.7 Å². The molecule has 0 bridgehead atoms. The van der Waals surface area contributed by atoms with Gasteiger partial charge in [-0.1, -0.05) is 11.6 Å². The molecule has 0 aliphatic carbocycles. The Bertz CT molecular complexity index is 1190. The van der Waals surface area contributed by atoms with Gasteiger partial charge in [0.05, 0.1) is 26.7 Å². The summed E-state index contributed by atoms with van der Waals surface area (Å²) in [6, 6.07) is 8.18. The summed E-state index contributed by atoms with van der Waals surface area (Å²) < 4.78 is 44.9. The summed E-state index contributed by atoms with van der Waals surface area (Å²) in [6.45, 7) is 1.72. The number of carbonyl (C=O) groups excluding carboxylic acids is 2. The van der Waals surface area contributed by atoms with Crippen molar-refractivity contribution in [3.8, 4) is 0 Å². The third kappa shape index (κ3) is 5.51. The van der Waals surface area contributed by atoms with Crippen LogP contribution in [0.3, 0.4) is 0 Å². The second kappa shape index (κ2) is 9.92. The Labute approximate surface area is 189 Å². The Hall–Kier alpha value is -3.24. The van der Waals surface area contributed by atoms with Gasteiger partial charge in [0, 0.05) is 12.8 Å². The third-order valence-electron chi connectivity index (χ3n) is 4.36. The first-order chi connectivity index (χ1) is 14.9. The number of esters is 1. The van der Waals surface area contributed by atoms with Gasteiger partial charge in [-0.3, -0.25) is 9.10 Å². The van der Waals surface area contributed by atoms with E-state index < -0.39 is 40.0 Å². The maximum absolute atomic E-state index is 13.1. The lowest BCUT2D eigenvalue weighted by molar-refractivity contribution is -0.113. The molecular weight excluding hydrogens is 463 g/mol. The van der Waals surface area contributed by atoms with E-state index in [0.717, 1.165) is 29.4 Å². The Morgan fingerprint density at radius 3 is 2.28 bits per heavy atom. The molecule has 0 fully saturated rings. The van der Waals surface area contributed by atoms with E-state index in [1.807, 2.05) is 0 Å². The highest BCUT2D eigenvalue weighted by Gasteiger charge is 2.25. The number of nitrogens with one attached hydrogen (secondary N) is 1. The van der Waals surface area contributed by atoms with Gasteiger partial charge < -0.3 is 15.3 Å². The summed E-state index contributed by atoms with van der Waals surface area (Å²) in [5, 5.41) is 17.4. The molecule has 0 unspecified atom stereocenters. The molecule has 0 spiro atoms. The van der Waals surface area contributed by atoms with Crippen LogP contribution in [0.2, 0.25) is 5.02 Å². The van der Waals surface area contributed by atoms with Crippen LogP contribution in [-0.4, -0.2) is 44.6 Å². The number of carbonyl (C=O) groups is 2. The smallest absolute Gasteiger partial charge is 0.340 e. The van der Waals surface area contributed by atoms with E-state index in [1.165, 1.54) is 38.2 Å².